The molecule has 0 aliphatic carbocycles. The van der Waals surface area contributed by atoms with Gasteiger partial charge in [-0.2, -0.15) is 10.2 Å². The quantitative estimate of drug-likeness (QED) is 0.324. The Morgan fingerprint density at radius 3 is 2.18 bits per heavy atom. The van der Waals surface area contributed by atoms with E-state index in [-0.39, 0.29) is 27.2 Å². The van der Waals surface area contributed by atoms with Crippen molar-refractivity contribution < 1.29 is 28.5 Å². The maximum Gasteiger partial charge on any atom is 0.258 e. The molecule has 0 saturated carbocycles. The van der Waals surface area contributed by atoms with Crippen LogP contribution in [0, 0.1) is 0 Å². The number of hydrogen-bond donors (Lipinski definition) is 1. The van der Waals surface area contributed by atoms with Crippen LogP contribution >= 0.6 is 23.2 Å². The third kappa shape index (κ3) is 6.49. The number of ether oxygens (including phenoxy) is 4. The maximum absolute atomic E-state index is 12.9. The number of hydrogen-bond acceptors (Lipinski definition) is 8. The van der Waals surface area contributed by atoms with Gasteiger partial charge in [0.05, 0.1) is 27.4 Å². The molecule has 1 unspecified atom stereocenters. The molecular weight excluding hydrogens is 473 g/mol. The molecule has 9 nitrogen and oxygen atoms in total. The summed E-state index contributed by atoms with van der Waals surface area (Å²) in [5, 5.41) is 10.8. The van der Waals surface area contributed by atoms with Gasteiger partial charge in [0.25, 0.3) is 5.91 Å². The summed E-state index contributed by atoms with van der Waals surface area (Å²) in [5.74, 6) is 0.0870. The van der Waals surface area contributed by atoms with Crippen molar-refractivity contribution in [3.63, 3.8) is 0 Å². The number of azo groups is 1. The van der Waals surface area contributed by atoms with Crippen molar-refractivity contribution in [1.29, 1.82) is 0 Å². The highest BCUT2D eigenvalue weighted by Crippen LogP contribution is 2.40. The molecule has 11 heteroatoms. The average Bonchev–Trinajstić information content (AvgIpc) is 2.78. The Morgan fingerprint density at radius 1 is 0.970 bits per heavy atom. The molecule has 2 rings (SSSR count). The van der Waals surface area contributed by atoms with Gasteiger partial charge in [-0.05, 0) is 32.9 Å². The van der Waals surface area contributed by atoms with Crippen LogP contribution in [0.4, 0.5) is 11.4 Å². The molecule has 178 valence electrons. The second kappa shape index (κ2) is 12.3. The van der Waals surface area contributed by atoms with Crippen LogP contribution in [0.15, 0.2) is 34.5 Å². The number of carbonyl (C=O) groups is 2. The van der Waals surface area contributed by atoms with Crippen molar-refractivity contribution in [3.05, 3.63) is 34.3 Å². The van der Waals surface area contributed by atoms with Gasteiger partial charge < -0.3 is 24.3 Å². The van der Waals surface area contributed by atoms with Crippen molar-refractivity contribution in [1.82, 2.24) is 0 Å². The van der Waals surface area contributed by atoms with Gasteiger partial charge in [0, 0.05) is 12.1 Å². The van der Waals surface area contributed by atoms with E-state index in [0.717, 1.165) is 0 Å². The summed E-state index contributed by atoms with van der Waals surface area (Å²) in [4.78, 5) is 25.1. The molecule has 0 fully saturated rings. The third-order valence-electron chi connectivity index (χ3n) is 4.28. The van der Waals surface area contributed by atoms with E-state index in [1.807, 2.05) is 6.92 Å². The third-order valence-corrected chi connectivity index (χ3v) is 5.03. The first kappa shape index (κ1) is 26.2. The number of anilines is 1. The largest absolute Gasteiger partial charge is 0.495 e. The van der Waals surface area contributed by atoms with Crippen molar-refractivity contribution >= 4 is 46.3 Å². The lowest BCUT2D eigenvalue weighted by Crippen LogP contribution is -2.32. The number of nitrogens with zero attached hydrogens (tertiary/aromatic N) is 2. The van der Waals surface area contributed by atoms with Crippen molar-refractivity contribution in [2.45, 2.75) is 26.8 Å². The fraction of sp³-hybridized carbons (Fsp3) is 0.364. The maximum atomic E-state index is 12.9. The smallest absolute Gasteiger partial charge is 0.258 e. The molecule has 1 amide bonds. The molecule has 0 saturated heterocycles. The van der Waals surface area contributed by atoms with E-state index < -0.39 is 17.7 Å². The zero-order chi connectivity index (χ0) is 24.5. The van der Waals surface area contributed by atoms with Gasteiger partial charge in [0.15, 0.2) is 5.78 Å². The fourth-order valence-electron chi connectivity index (χ4n) is 2.76. The number of rotatable bonds is 11. The van der Waals surface area contributed by atoms with Gasteiger partial charge in [-0.15, -0.1) is 0 Å². The molecule has 0 heterocycles. The summed E-state index contributed by atoms with van der Waals surface area (Å²) in [6, 6.07) is 4.84. The standard InChI is InChI=1S/C22H25Cl2N3O6/c1-6-32-13-10-14(18(23)17(11-13)33-7-2)26-27-20(12(3)28)22(29)25-21-16(31-5)9-8-15(30-4)19(21)24/h8-11,20H,6-7H2,1-5H3,(H,25,29). The Balaban J connectivity index is 2.39. The molecular formula is C22H25Cl2N3O6. The molecule has 2 aromatic carbocycles. The molecule has 0 spiro atoms. The van der Waals surface area contributed by atoms with Gasteiger partial charge in [-0.3, -0.25) is 9.59 Å². The van der Waals surface area contributed by atoms with Crippen LogP contribution in [0.3, 0.4) is 0 Å². The Kier molecular flexibility index (Phi) is 9.74. The van der Waals surface area contributed by atoms with Crippen LogP contribution < -0.4 is 24.3 Å². The number of Topliss-reactive ketones (excluding diaryl/α,β-unsaturated/α-hetero) is 1. The molecule has 1 N–H and O–H groups in total. The van der Waals surface area contributed by atoms with Crippen LogP contribution in [0.2, 0.25) is 10.0 Å². The van der Waals surface area contributed by atoms with E-state index >= 15 is 0 Å². The van der Waals surface area contributed by atoms with Gasteiger partial charge >= 0.3 is 0 Å². The first-order valence-electron chi connectivity index (χ1n) is 9.99. The monoisotopic (exact) mass is 497 g/mol. The van der Waals surface area contributed by atoms with Crippen molar-refractivity contribution in [2.75, 3.05) is 32.8 Å². The van der Waals surface area contributed by atoms with E-state index in [2.05, 4.69) is 15.5 Å². The van der Waals surface area contributed by atoms with E-state index in [0.29, 0.717) is 30.5 Å². The lowest BCUT2D eigenvalue weighted by molar-refractivity contribution is -0.126. The molecule has 33 heavy (non-hydrogen) atoms. The number of carbonyl (C=O) groups excluding carboxylic acids is 2. The van der Waals surface area contributed by atoms with E-state index in [4.69, 9.17) is 42.1 Å². The first-order valence-corrected chi connectivity index (χ1v) is 10.7. The Morgan fingerprint density at radius 2 is 1.61 bits per heavy atom. The molecule has 0 radical (unpaired) electrons. The normalized spacial score (nSPS) is 11.7. The summed E-state index contributed by atoms with van der Waals surface area (Å²) >= 11 is 12.7. The highest BCUT2D eigenvalue weighted by Gasteiger charge is 2.26. The number of ketones is 1. The average molecular weight is 498 g/mol. The summed E-state index contributed by atoms with van der Waals surface area (Å²) in [6.07, 6.45) is 0. The molecule has 2 aromatic rings. The van der Waals surface area contributed by atoms with Gasteiger partial charge in [-0.1, -0.05) is 23.2 Å². The Hall–Kier alpha value is -3.04. The van der Waals surface area contributed by atoms with Crippen LogP contribution in [0.1, 0.15) is 20.8 Å². The minimum Gasteiger partial charge on any atom is -0.495 e. The number of nitrogens with one attached hydrogen (secondary N) is 1. The molecule has 0 aliphatic heterocycles. The minimum absolute atomic E-state index is 0.109. The Labute approximate surface area is 202 Å². The second-order valence-corrected chi connectivity index (χ2v) is 7.25. The SMILES string of the molecule is CCOc1cc(N=NC(C(C)=O)C(=O)Nc2c(OC)ccc(OC)c2Cl)c(Cl)c(OCC)c1. The number of halogens is 2. The molecule has 0 bridgehead atoms. The molecule has 0 aromatic heterocycles. The predicted molar refractivity (Wildman–Crippen MR) is 126 cm³/mol. The molecule has 1 atom stereocenters. The van der Waals surface area contributed by atoms with Crippen LogP contribution in [-0.4, -0.2) is 45.2 Å². The summed E-state index contributed by atoms with van der Waals surface area (Å²) < 4.78 is 21.4. The topological polar surface area (TPSA) is 108 Å². The van der Waals surface area contributed by atoms with Gasteiger partial charge in [0.1, 0.15) is 44.4 Å². The highest BCUT2D eigenvalue weighted by molar-refractivity contribution is 6.36. The van der Waals surface area contributed by atoms with E-state index in [9.17, 15) is 9.59 Å². The van der Waals surface area contributed by atoms with Gasteiger partial charge in [0.2, 0.25) is 6.04 Å². The Bertz CT molecular complexity index is 1050. The van der Waals surface area contributed by atoms with E-state index in [1.54, 1.807) is 25.1 Å². The summed E-state index contributed by atoms with van der Waals surface area (Å²) in [6.45, 7) is 5.62. The van der Waals surface area contributed by atoms with Crippen molar-refractivity contribution in [2.24, 2.45) is 10.2 Å². The fourth-order valence-corrected chi connectivity index (χ4v) is 3.24. The number of benzene rings is 2. The zero-order valence-corrected chi connectivity index (χ0v) is 20.4. The van der Waals surface area contributed by atoms with Crippen molar-refractivity contribution in [3.8, 4) is 23.0 Å². The summed E-state index contributed by atoms with van der Waals surface area (Å²) in [7, 11) is 2.85. The molecule has 0 aliphatic rings. The predicted octanol–water partition coefficient (Wildman–Crippen LogP) is 5.49. The van der Waals surface area contributed by atoms with Crippen LogP contribution in [0.5, 0.6) is 23.0 Å². The zero-order valence-electron chi connectivity index (χ0n) is 18.9. The number of amides is 1. The van der Waals surface area contributed by atoms with Crippen LogP contribution in [0.25, 0.3) is 0 Å². The van der Waals surface area contributed by atoms with Crippen LogP contribution in [-0.2, 0) is 9.59 Å². The summed E-state index contributed by atoms with van der Waals surface area (Å²) in [5.41, 5.74) is 0.321. The number of methoxy groups -OCH3 is 2. The first-order chi connectivity index (χ1) is 15.8. The lowest BCUT2D eigenvalue weighted by Gasteiger charge is -2.16. The lowest BCUT2D eigenvalue weighted by atomic mass is 10.2. The highest BCUT2D eigenvalue weighted by atomic mass is 35.5. The van der Waals surface area contributed by atoms with E-state index in [1.165, 1.54) is 27.2 Å². The van der Waals surface area contributed by atoms with Gasteiger partial charge in [-0.25, -0.2) is 0 Å². The second-order valence-electron chi connectivity index (χ2n) is 6.50. The minimum atomic E-state index is -1.47.